The van der Waals surface area contributed by atoms with Gasteiger partial charge in [-0.2, -0.15) is 0 Å². The maximum atomic E-state index is 4.40. The molecule has 0 aromatic heterocycles. The molecule has 5 heteroatoms. The van der Waals surface area contributed by atoms with Crippen molar-refractivity contribution in [3.05, 3.63) is 0 Å². The minimum Gasteiger partial charge on any atom is -0.317 e. The van der Waals surface area contributed by atoms with Gasteiger partial charge in [0.1, 0.15) is 8.07 Å². The average Bonchev–Trinajstić information content (AvgIpc) is 3.16. The summed E-state index contributed by atoms with van der Waals surface area (Å²) in [7, 11) is -1.61. The van der Waals surface area contributed by atoms with Gasteiger partial charge in [0.15, 0.2) is 6.71 Å². The summed E-state index contributed by atoms with van der Waals surface area (Å²) < 4.78 is 0. The third-order valence-corrected chi connectivity index (χ3v) is 19.5. The molecule has 178 valence electrons. The molecule has 0 bridgehead atoms. The summed E-state index contributed by atoms with van der Waals surface area (Å²) in [5.74, 6) is 5.19. The second kappa shape index (κ2) is 8.68. The molecule has 8 atom stereocenters. The van der Waals surface area contributed by atoms with Crippen LogP contribution in [0, 0.1) is 11.8 Å². The lowest BCUT2D eigenvalue weighted by atomic mass is 9.24. The first-order valence-corrected chi connectivity index (χ1v) is 17.4. The van der Waals surface area contributed by atoms with E-state index in [9.17, 15) is 0 Å². The van der Waals surface area contributed by atoms with Crippen LogP contribution in [0.5, 0.6) is 0 Å². The quantitative estimate of drug-likeness (QED) is 0.485. The predicted molar refractivity (Wildman–Crippen MR) is 138 cm³/mol. The zero-order chi connectivity index (χ0) is 21.1. The van der Waals surface area contributed by atoms with Crippen LogP contribution in [0.1, 0.15) is 96.3 Å². The second-order valence-electron chi connectivity index (χ2n) is 13.2. The van der Waals surface area contributed by atoms with E-state index in [1.165, 1.54) is 71.0 Å². The molecule has 0 radical (unpaired) electrons. The molecule has 0 amide bonds. The minimum atomic E-state index is -1.61. The first-order chi connectivity index (χ1) is 15.9. The van der Waals surface area contributed by atoms with Crippen molar-refractivity contribution in [2.45, 2.75) is 136 Å². The molecule has 7 aliphatic rings. The van der Waals surface area contributed by atoms with Crippen molar-refractivity contribution >= 4 is 14.8 Å². The van der Waals surface area contributed by atoms with E-state index in [1.807, 2.05) is 0 Å². The molecule has 5 saturated heterocycles. The molecule has 2 aliphatic carbocycles. The van der Waals surface area contributed by atoms with E-state index in [0.717, 1.165) is 58.5 Å². The smallest absolute Gasteiger partial charge is 0.152 e. The topological polar surface area (TPSA) is 36.1 Å². The van der Waals surface area contributed by atoms with E-state index in [4.69, 9.17) is 0 Å². The maximum absolute atomic E-state index is 4.40. The standard InChI is InChI=1S/C27H48BN3Si/c1-2-9-19(10-3-1)28-22-13-7-17-30-26(22)32(27-23(28)14-8-18-31-27)24-15-5-4-11-20(24)21-12-6-16-29-25(21)32/h19-27,29-31H,1-18H2. The fourth-order valence-corrected chi connectivity index (χ4v) is 21.1. The van der Waals surface area contributed by atoms with Gasteiger partial charge in [-0.25, -0.2) is 0 Å². The molecular formula is C27H48BN3Si. The van der Waals surface area contributed by atoms with Gasteiger partial charge < -0.3 is 16.0 Å². The van der Waals surface area contributed by atoms with Gasteiger partial charge in [0.05, 0.1) is 0 Å². The zero-order valence-electron chi connectivity index (χ0n) is 20.5. The number of piperidine rings is 3. The maximum Gasteiger partial charge on any atom is 0.152 e. The summed E-state index contributed by atoms with van der Waals surface area (Å²) in [4.78, 5) is 0. The van der Waals surface area contributed by atoms with Crippen molar-refractivity contribution in [2.75, 3.05) is 19.6 Å². The molecule has 32 heavy (non-hydrogen) atoms. The summed E-state index contributed by atoms with van der Waals surface area (Å²) in [5.41, 5.74) is 3.87. The Kier molecular flexibility index (Phi) is 5.81. The van der Waals surface area contributed by atoms with E-state index < -0.39 is 8.07 Å². The number of hydrogen-bond donors (Lipinski definition) is 3. The largest absolute Gasteiger partial charge is 0.317 e. The zero-order valence-corrected chi connectivity index (χ0v) is 21.5. The van der Waals surface area contributed by atoms with Gasteiger partial charge in [-0.15, -0.1) is 0 Å². The highest BCUT2D eigenvalue weighted by molar-refractivity contribution is 6.91. The Balaban J connectivity index is 1.36. The molecular weight excluding hydrogens is 405 g/mol. The Morgan fingerprint density at radius 1 is 0.500 bits per heavy atom. The molecule has 7 fully saturated rings. The molecule has 7 rings (SSSR count). The highest BCUT2D eigenvalue weighted by Gasteiger charge is 2.73. The summed E-state index contributed by atoms with van der Waals surface area (Å²) >= 11 is 0. The van der Waals surface area contributed by atoms with Crippen LogP contribution in [-0.4, -0.2) is 51.4 Å². The Labute approximate surface area is 198 Å². The molecule has 5 aliphatic heterocycles. The Bertz CT molecular complexity index is 636. The van der Waals surface area contributed by atoms with Gasteiger partial charge in [-0.1, -0.05) is 76.4 Å². The van der Waals surface area contributed by atoms with Crippen molar-refractivity contribution in [3.63, 3.8) is 0 Å². The molecule has 0 aromatic rings. The highest BCUT2D eigenvalue weighted by Crippen LogP contribution is 2.65. The fraction of sp³-hybridized carbons (Fsp3) is 1.00. The van der Waals surface area contributed by atoms with Crippen molar-refractivity contribution in [3.8, 4) is 0 Å². The first-order valence-electron chi connectivity index (χ1n) is 15.1. The predicted octanol–water partition coefficient (Wildman–Crippen LogP) is 5.08. The summed E-state index contributed by atoms with van der Waals surface area (Å²) in [6.07, 6.45) is 22.9. The monoisotopic (exact) mass is 453 g/mol. The van der Waals surface area contributed by atoms with Gasteiger partial charge in [0.2, 0.25) is 0 Å². The van der Waals surface area contributed by atoms with Gasteiger partial charge in [0.25, 0.3) is 0 Å². The highest BCUT2D eigenvalue weighted by atomic mass is 28.3. The summed E-state index contributed by atoms with van der Waals surface area (Å²) in [5, 5.41) is 13.1. The normalized spacial score (nSPS) is 51.6. The van der Waals surface area contributed by atoms with Crippen molar-refractivity contribution in [1.29, 1.82) is 0 Å². The van der Waals surface area contributed by atoms with E-state index >= 15 is 0 Å². The lowest BCUT2D eigenvalue weighted by Gasteiger charge is -2.65. The van der Waals surface area contributed by atoms with Crippen LogP contribution in [0.2, 0.25) is 23.0 Å². The molecule has 0 aromatic carbocycles. The van der Waals surface area contributed by atoms with Gasteiger partial charge in [-0.3, -0.25) is 0 Å². The van der Waals surface area contributed by atoms with Crippen LogP contribution >= 0.6 is 0 Å². The lowest BCUT2D eigenvalue weighted by molar-refractivity contribution is 0.221. The van der Waals surface area contributed by atoms with Crippen molar-refractivity contribution in [1.82, 2.24) is 16.0 Å². The lowest BCUT2D eigenvalue weighted by Crippen LogP contribution is -2.83. The molecule has 3 N–H and O–H groups in total. The molecule has 5 heterocycles. The Morgan fingerprint density at radius 3 is 1.78 bits per heavy atom. The SMILES string of the molecule is C1CCC(B2C3CCCNC3[Si]3(C4CCCCC4C4CCCNC43)C3NCCCC23)CC1. The van der Waals surface area contributed by atoms with Crippen LogP contribution in [0.4, 0.5) is 0 Å². The number of fused-ring (bicyclic) bond motifs is 9. The summed E-state index contributed by atoms with van der Waals surface area (Å²) in [6, 6.07) is 0. The van der Waals surface area contributed by atoms with E-state index in [2.05, 4.69) is 16.0 Å². The first kappa shape index (κ1) is 21.4. The number of hydrogen-bond acceptors (Lipinski definition) is 3. The number of nitrogens with one attached hydrogen (secondary N) is 3. The third kappa shape index (κ3) is 3.02. The van der Waals surface area contributed by atoms with Crippen LogP contribution in [0.25, 0.3) is 0 Å². The van der Waals surface area contributed by atoms with Crippen LogP contribution < -0.4 is 16.0 Å². The van der Waals surface area contributed by atoms with E-state index in [1.54, 1.807) is 44.9 Å². The molecule has 3 nitrogen and oxygen atoms in total. The fourth-order valence-electron chi connectivity index (χ4n) is 11.8. The van der Waals surface area contributed by atoms with E-state index in [-0.39, 0.29) is 0 Å². The minimum absolute atomic E-state index is 0.918. The van der Waals surface area contributed by atoms with E-state index in [0.29, 0.717) is 0 Å². The molecule has 1 spiro atoms. The van der Waals surface area contributed by atoms with Gasteiger partial charge in [-0.05, 0) is 74.3 Å². The van der Waals surface area contributed by atoms with Gasteiger partial charge in [0, 0.05) is 17.0 Å². The van der Waals surface area contributed by atoms with Crippen molar-refractivity contribution < 1.29 is 0 Å². The van der Waals surface area contributed by atoms with Gasteiger partial charge >= 0.3 is 0 Å². The Hall–Kier alpha value is 0.162. The van der Waals surface area contributed by atoms with Crippen molar-refractivity contribution in [2.24, 2.45) is 11.8 Å². The average molecular weight is 454 g/mol. The summed E-state index contributed by atoms with van der Waals surface area (Å²) in [6.45, 7) is 4.99. The number of rotatable bonds is 1. The Morgan fingerprint density at radius 2 is 1.06 bits per heavy atom. The van der Waals surface area contributed by atoms with Crippen LogP contribution in [0.3, 0.4) is 0 Å². The second-order valence-corrected chi connectivity index (χ2v) is 17.9. The molecule has 2 saturated carbocycles. The van der Waals surface area contributed by atoms with Crippen LogP contribution in [0.15, 0.2) is 0 Å². The van der Waals surface area contributed by atoms with Crippen LogP contribution in [-0.2, 0) is 0 Å². The third-order valence-electron chi connectivity index (χ3n) is 12.3. The molecule has 8 unspecified atom stereocenters.